The van der Waals surface area contributed by atoms with E-state index in [1.807, 2.05) is 0 Å². The number of rotatable bonds is 2. The molecule has 0 radical (unpaired) electrons. The Labute approximate surface area is 136 Å². The van der Waals surface area contributed by atoms with E-state index >= 15 is 0 Å². The molecule has 1 heterocycles. The van der Waals surface area contributed by atoms with E-state index in [4.69, 9.17) is 4.74 Å². The number of halogens is 1. The third-order valence-corrected chi connectivity index (χ3v) is 5.44. The van der Waals surface area contributed by atoms with Crippen molar-refractivity contribution in [2.45, 2.75) is 58.1 Å². The van der Waals surface area contributed by atoms with Crippen molar-refractivity contribution in [1.29, 1.82) is 0 Å². The fourth-order valence-electron chi connectivity index (χ4n) is 4.53. The van der Waals surface area contributed by atoms with E-state index in [0.717, 1.165) is 35.0 Å². The lowest BCUT2D eigenvalue weighted by atomic mass is 9.69. The van der Waals surface area contributed by atoms with Gasteiger partial charge in [-0.15, -0.1) is 0 Å². The molecule has 0 bridgehead atoms. The van der Waals surface area contributed by atoms with E-state index in [0.29, 0.717) is 6.04 Å². The van der Waals surface area contributed by atoms with E-state index in [2.05, 4.69) is 60.2 Å². The molecule has 3 atom stereocenters. The summed E-state index contributed by atoms with van der Waals surface area (Å²) in [4.78, 5) is 0. The highest BCUT2D eigenvalue weighted by molar-refractivity contribution is 9.10. The Bertz CT molecular complexity index is 506. The highest BCUT2D eigenvalue weighted by atomic mass is 79.9. The fourth-order valence-corrected chi connectivity index (χ4v) is 4.87. The summed E-state index contributed by atoms with van der Waals surface area (Å²) in [5.74, 6) is 2.58. The topological polar surface area (TPSA) is 21.3 Å². The smallest absolute Gasteiger partial charge is 0.126 e. The highest BCUT2D eigenvalue weighted by Crippen LogP contribution is 2.49. The molecule has 1 aromatic carbocycles. The van der Waals surface area contributed by atoms with Gasteiger partial charge in [0.15, 0.2) is 0 Å². The van der Waals surface area contributed by atoms with Crippen molar-refractivity contribution in [3.63, 3.8) is 0 Å². The van der Waals surface area contributed by atoms with Crippen molar-refractivity contribution >= 4 is 15.9 Å². The SMILES string of the molecule is CCNC1CC2(CC(C)CC(C)C2)Oc2cc(Br)ccc21. The van der Waals surface area contributed by atoms with Crippen LogP contribution < -0.4 is 10.1 Å². The molecule has 0 aromatic heterocycles. The molecule has 21 heavy (non-hydrogen) atoms. The molecule has 1 aliphatic heterocycles. The number of hydrogen-bond acceptors (Lipinski definition) is 2. The summed E-state index contributed by atoms with van der Waals surface area (Å²) >= 11 is 3.59. The van der Waals surface area contributed by atoms with Crippen molar-refractivity contribution < 1.29 is 4.74 Å². The van der Waals surface area contributed by atoms with Crippen LogP contribution in [0.15, 0.2) is 22.7 Å². The number of benzene rings is 1. The molecule has 3 rings (SSSR count). The summed E-state index contributed by atoms with van der Waals surface area (Å²) < 4.78 is 7.69. The van der Waals surface area contributed by atoms with Crippen molar-refractivity contribution in [3.8, 4) is 5.75 Å². The van der Waals surface area contributed by atoms with Gasteiger partial charge in [-0.05, 0) is 49.8 Å². The summed E-state index contributed by atoms with van der Waals surface area (Å²) in [6.07, 6.45) is 4.81. The molecule has 0 saturated heterocycles. The van der Waals surface area contributed by atoms with Gasteiger partial charge in [0.25, 0.3) is 0 Å². The summed E-state index contributed by atoms with van der Waals surface area (Å²) in [6.45, 7) is 7.94. The van der Waals surface area contributed by atoms with Crippen LogP contribution in [0.4, 0.5) is 0 Å². The monoisotopic (exact) mass is 351 g/mol. The molecule has 2 nitrogen and oxygen atoms in total. The van der Waals surface area contributed by atoms with Gasteiger partial charge in [0.05, 0.1) is 0 Å². The van der Waals surface area contributed by atoms with Crippen LogP contribution in [0.2, 0.25) is 0 Å². The molecule has 3 heteroatoms. The quantitative estimate of drug-likeness (QED) is 0.802. The maximum atomic E-state index is 6.59. The van der Waals surface area contributed by atoms with Crippen molar-refractivity contribution in [3.05, 3.63) is 28.2 Å². The predicted octanol–water partition coefficient (Wildman–Crippen LogP) is 5.08. The van der Waals surface area contributed by atoms with Crippen LogP contribution in [0.25, 0.3) is 0 Å². The number of nitrogens with one attached hydrogen (secondary N) is 1. The molecule has 1 N–H and O–H groups in total. The Balaban J connectivity index is 1.95. The zero-order valence-electron chi connectivity index (χ0n) is 13.3. The summed E-state index contributed by atoms with van der Waals surface area (Å²) in [6, 6.07) is 6.89. The van der Waals surface area contributed by atoms with Gasteiger partial charge in [0.2, 0.25) is 0 Å². The lowest BCUT2D eigenvalue weighted by molar-refractivity contribution is -0.0346. The van der Waals surface area contributed by atoms with Gasteiger partial charge >= 0.3 is 0 Å². The van der Waals surface area contributed by atoms with Crippen LogP contribution in [0.1, 0.15) is 58.1 Å². The maximum Gasteiger partial charge on any atom is 0.126 e. The molecular formula is C18H26BrNO. The minimum absolute atomic E-state index is 0.0255. The second kappa shape index (κ2) is 5.92. The first-order valence-corrected chi connectivity index (χ1v) is 9.02. The second-order valence-corrected chi connectivity index (χ2v) is 8.05. The van der Waals surface area contributed by atoms with Crippen LogP contribution in [0.3, 0.4) is 0 Å². The second-order valence-electron chi connectivity index (χ2n) is 7.14. The highest BCUT2D eigenvalue weighted by Gasteiger charge is 2.45. The van der Waals surface area contributed by atoms with Crippen LogP contribution in [-0.2, 0) is 0 Å². The average Bonchev–Trinajstić information content (AvgIpc) is 2.36. The normalized spacial score (nSPS) is 35.3. The fraction of sp³-hybridized carbons (Fsp3) is 0.667. The van der Waals surface area contributed by atoms with E-state index in [1.54, 1.807) is 0 Å². The van der Waals surface area contributed by atoms with E-state index in [1.165, 1.54) is 24.8 Å². The van der Waals surface area contributed by atoms with Gasteiger partial charge in [-0.3, -0.25) is 0 Å². The number of hydrogen-bond donors (Lipinski definition) is 1. The van der Waals surface area contributed by atoms with Crippen LogP contribution >= 0.6 is 15.9 Å². The standard InChI is InChI=1S/C18H26BrNO/c1-4-20-16-11-18(9-12(2)7-13(3)10-18)21-17-8-14(19)5-6-15(16)17/h5-6,8,12-13,16,20H,4,7,9-11H2,1-3H3. The summed E-state index contributed by atoms with van der Waals surface area (Å²) in [5, 5.41) is 3.67. The zero-order valence-corrected chi connectivity index (χ0v) is 14.9. The molecule has 1 spiro atoms. The Hall–Kier alpha value is -0.540. The maximum absolute atomic E-state index is 6.59. The first kappa shape index (κ1) is 15.4. The third kappa shape index (κ3) is 3.14. The minimum Gasteiger partial charge on any atom is -0.487 e. The Kier molecular flexibility index (Phi) is 4.33. The molecule has 1 saturated carbocycles. The van der Waals surface area contributed by atoms with Crippen LogP contribution in [-0.4, -0.2) is 12.1 Å². The summed E-state index contributed by atoms with van der Waals surface area (Å²) in [7, 11) is 0. The van der Waals surface area contributed by atoms with Gasteiger partial charge in [0.1, 0.15) is 11.4 Å². The van der Waals surface area contributed by atoms with E-state index in [9.17, 15) is 0 Å². The molecule has 116 valence electrons. The Morgan fingerprint density at radius 2 is 1.95 bits per heavy atom. The molecule has 2 aliphatic rings. The number of ether oxygens (including phenoxy) is 1. The number of fused-ring (bicyclic) bond motifs is 1. The third-order valence-electron chi connectivity index (χ3n) is 4.95. The minimum atomic E-state index is 0.0255. The van der Waals surface area contributed by atoms with E-state index in [-0.39, 0.29) is 5.60 Å². The molecule has 3 unspecified atom stereocenters. The molecule has 1 aromatic rings. The lowest BCUT2D eigenvalue weighted by Crippen LogP contribution is -2.48. The van der Waals surface area contributed by atoms with Gasteiger partial charge < -0.3 is 10.1 Å². The predicted molar refractivity (Wildman–Crippen MR) is 90.7 cm³/mol. The Morgan fingerprint density at radius 1 is 1.24 bits per heavy atom. The van der Waals surface area contributed by atoms with Gasteiger partial charge in [-0.25, -0.2) is 0 Å². The molecule has 1 aliphatic carbocycles. The van der Waals surface area contributed by atoms with Gasteiger partial charge in [-0.1, -0.05) is 42.8 Å². The largest absolute Gasteiger partial charge is 0.487 e. The van der Waals surface area contributed by atoms with E-state index < -0.39 is 0 Å². The van der Waals surface area contributed by atoms with Gasteiger partial charge in [0, 0.05) is 22.5 Å². The molecule has 1 fully saturated rings. The van der Waals surface area contributed by atoms with Crippen molar-refractivity contribution in [2.75, 3.05) is 6.54 Å². The van der Waals surface area contributed by atoms with Crippen molar-refractivity contribution in [2.24, 2.45) is 11.8 Å². The molecule has 0 amide bonds. The lowest BCUT2D eigenvalue weighted by Gasteiger charge is -2.48. The average molecular weight is 352 g/mol. The molecular weight excluding hydrogens is 326 g/mol. The van der Waals surface area contributed by atoms with Crippen LogP contribution in [0.5, 0.6) is 5.75 Å². The first-order valence-electron chi connectivity index (χ1n) is 8.23. The Morgan fingerprint density at radius 3 is 2.62 bits per heavy atom. The first-order chi connectivity index (χ1) is 10.0. The van der Waals surface area contributed by atoms with Gasteiger partial charge in [-0.2, -0.15) is 0 Å². The zero-order chi connectivity index (χ0) is 15.0. The van der Waals surface area contributed by atoms with Crippen molar-refractivity contribution in [1.82, 2.24) is 5.32 Å². The summed E-state index contributed by atoms with van der Waals surface area (Å²) in [5.41, 5.74) is 1.34. The van der Waals surface area contributed by atoms with Crippen LogP contribution in [0, 0.1) is 11.8 Å².